The van der Waals surface area contributed by atoms with Gasteiger partial charge in [-0.25, -0.2) is 4.79 Å². The van der Waals surface area contributed by atoms with Crippen molar-refractivity contribution < 1.29 is 19.1 Å². The van der Waals surface area contributed by atoms with Crippen LogP contribution in [0.25, 0.3) is 0 Å². The van der Waals surface area contributed by atoms with Crippen molar-refractivity contribution in [2.24, 2.45) is 5.92 Å². The second kappa shape index (κ2) is 6.22. The van der Waals surface area contributed by atoms with E-state index < -0.39 is 5.60 Å². The maximum Gasteiger partial charge on any atom is 0.410 e. The molecule has 3 rings (SSSR count). The Labute approximate surface area is 136 Å². The highest BCUT2D eigenvalue weighted by Gasteiger charge is 2.48. The van der Waals surface area contributed by atoms with Gasteiger partial charge in [-0.3, -0.25) is 9.69 Å². The van der Waals surface area contributed by atoms with Gasteiger partial charge in [-0.2, -0.15) is 0 Å². The summed E-state index contributed by atoms with van der Waals surface area (Å²) in [6.07, 6.45) is 3.08. The zero-order valence-corrected chi connectivity index (χ0v) is 13.7. The first kappa shape index (κ1) is 15.8. The average Bonchev–Trinajstić information content (AvgIpc) is 2.83. The van der Waals surface area contributed by atoms with E-state index in [9.17, 15) is 9.59 Å². The van der Waals surface area contributed by atoms with Gasteiger partial charge in [0.2, 0.25) is 0 Å². The van der Waals surface area contributed by atoms with E-state index in [4.69, 9.17) is 9.47 Å². The van der Waals surface area contributed by atoms with E-state index in [1.807, 2.05) is 24.3 Å². The van der Waals surface area contributed by atoms with Crippen molar-refractivity contribution >= 4 is 11.9 Å². The van der Waals surface area contributed by atoms with E-state index >= 15 is 0 Å². The topological polar surface area (TPSA) is 55.8 Å². The van der Waals surface area contributed by atoms with Gasteiger partial charge < -0.3 is 9.47 Å². The first-order chi connectivity index (χ1) is 11.0. The van der Waals surface area contributed by atoms with Crippen molar-refractivity contribution in [1.82, 2.24) is 4.90 Å². The van der Waals surface area contributed by atoms with E-state index in [1.165, 1.54) is 0 Å². The molecule has 5 heteroatoms. The molecule has 1 spiro atoms. The van der Waals surface area contributed by atoms with Crippen LogP contribution in [0.1, 0.15) is 38.2 Å². The molecule has 0 radical (unpaired) electrons. The molecule has 1 unspecified atom stereocenters. The van der Waals surface area contributed by atoms with Gasteiger partial charge in [0, 0.05) is 12.5 Å². The zero-order chi connectivity index (χ0) is 16.4. The summed E-state index contributed by atoms with van der Waals surface area (Å²) in [6, 6.07) is 7.69. The number of carbonyl (C=O) groups excluding carboxylic acids is 2. The quantitative estimate of drug-likeness (QED) is 0.856. The number of Topliss-reactive ketones (excluding diaryl/α,β-unsaturated/α-hetero) is 1. The van der Waals surface area contributed by atoms with Crippen molar-refractivity contribution in [3.05, 3.63) is 29.8 Å². The van der Waals surface area contributed by atoms with Crippen molar-refractivity contribution in [2.45, 2.75) is 44.8 Å². The number of carbonyl (C=O) groups is 2. The summed E-state index contributed by atoms with van der Waals surface area (Å²) >= 11 is 0. The molecule has 0 N–H and O–H groups in total. The molecule has 1 aliphatic heterocycles. The smallest absolute Gasteiger partial charge is 0.410 e. The van der Waals surface area contributed by atoms with Gasteiger partial charge >= 0.3 is 6.09 Å². The van der Waals surface area contributed by atoms with Crippen LogP contribution in [0.4, 0.5) is 4.79 Å². The third-order valence-electron chi connectivity index (χ3n) is 4.95. The summed E-state index contributed by atoms with van der Waals surface area (Å²) in [4.78, 5) is 25.7. The Morgan fingerprint density at radius 1 is 1.39 bits per heavy atom. The molecule has 2 aliphatic rings. The number of hydrogen-bond acceptors (Lipinski definition) is 4. The summed E-state index contributed by atoms with van der Waals surface area (Å²) in [5.41, 5.74) is 0.566. The third kappa shape index (κ3) is 3.33. The maximum absolute atomic E-state index is 12.2. The van der Waals surface area contributed by atoms with Gasteiger partial charge in [0.25, 0.3) is 0 Å². The minimum absolute atomic E-state index is 0.0255. The van der Waals surface area contributed by atoms with Crippen LogP contribution in [-0.4, -0.2) is 36.0 Å². The van der Waals surface area contributed by atoms with Crippen LogP contribution < -0.4 is 4.74 Å². The minimum atomic E-state index is -0.474. The third-order valence-corrected chi connectivity index (χ3v) is 4.95. The minimum Gasteiger partial charge on any atom is -0.497 e. The number of ether oxygens (including phenoxy) is 2. The lowest BCUT2D eigenvalue weighted by Gasteiger charge is -2.34. The largest absolute Gasteiger partial charge is 0.497 e. The Balaban J connectivity index is 1.68. The molecule has 0 aromatic heterocycles. The van der Waals surface area contributed by atoms with Crippen LogP contribution in [0.3, 0.4) is 0 Å². The first-order valence-electron chi connectivity index (χ1n) is 8.13. The van der Waals surface area contributed by atoms with Crippen molar-refractivity contribution in [1.29, 1.82) is 0 Å². The second-order valence-electron chi connectivity index (χ2n) is 6.66. The molecule has 23 heavy (non-hydrogen) atoms. The second-order valence-corrected chi connectivity index (χ2v) is 6.66. The van der Waals surface area contributed by atoms with Crippen LogP contribution in [0.5, 0.6) is 5.75 Å². The van der Waals surface area contributed by atoms with E-state index in [0.717, 1.165) is 30.6 Å². The lowest BCUT2D eigenvalue weighted by atomic mass is 9.76. The van der Waals surface area contributed by atoms with Crippen LogP contribution in [0, 0.1) is 5.92 Å². The fourth-order valence-corrected chi connectivity index (χ4v) is 3.67. The van der Waals surface area contributed by atoms with Crippen LogP contribution in [-0.2, 0) is 16.1 Å². The average molecular weight is 317 g/mol. The molecular weight excluding hydrogens is 294 g/mol. The lowest BCUT2D eigenvalue weighted by Crippen LogP contribution is -2.41. The summed E-state index contributed by atoms with van der Waals surface area (Å²) < 4.78 is 10.9. The van der Waals surface area contributed by atoms with Gasteiger partial charge in [0.05, 0.1) is 13.7 Å². The first-order valence-corrected chi connectivity index (χ1v) is 8.13. The van der Waals surface area contributed by atoms with Gasteiger partial charge in [-0.15, -0.1) is 0 Å². The molecule has 1 saturated carbocycles. The fraction of sp³-hybridized carbons (Fsp3) is 0.556. The normalized spacial score (nSPS) is 27.1. The number of ketones is 1. The summed E-state index contributed by atoms with van der Waals surface area (Å²) in [5.74, 6) is 1.03. The lowest BCUT2D eigenvalue weighted by molar-refractivity contribution is -0.124. The molecule has 1 aromatic rings. The molecule has 5 nitrogen and oxygen atoms in total. The molecule has 1 saturated heterocycles. The highest BCUT2D eigenvalue weighted by Crippen LogP contribution is 2.40. The SMILES string of the molecule is COc1ccc(CN2CC3(CCC[C@H](C(C)=O)C3)OC2=O)cc1. The molecule has 1 amide bonds. The van der Waals surface area contributed by atoms with Crippen molar-refractivity contribution in [3.63, 3.8) is 0 Å². The van der Waals surface area contributed by atoms with E-state index in [-0.39, 0.29) is 17.8 Å². The van der Waals surface area contributed by atoms with E-state index in [0.29, 0.717) is 19.5 Å². The number of benzene rings is 1. The summed E-state index contributed by atoms with van der Waals surface area (Å²) in [5, 5.41) is 0. The molecule has 2 fully saturated rings. The van der Waals surface area contributed by atoms with Crippen LogP contribution in [0.2, 0.25) is 0 Å². The Morgan fingerprint density at radius 2 is 2.13 bits per heavy atom. The van der Waals surface area contributed by atoms with Gasteiger partial charge in [0.15, 0.2) is 0 Å². The zero-order valence-electron chi connectivity index (χ0n) is 13.7. The molecule has 1 heterocycles. The monoisotopic (exact) mass is 317 g/mol. The van der Waals surface area contributed by atoms with Crippen LogP contribution in [0.15, 0.2) is 24.3 Å². The Bertz CT molecular complexity index is 598. The van der Waals surface area contributed by atoms with Gasteiger partial charge in [-0.1, -0.05) is 12.1 Å². The van der Waals surface area contributed by atoms with Crippen LogP contribution >= 0.6 is 0 Å². The highest BCUT2D eigenvalue weighted by atomic mass is 16.6. The molecule has 124 valence electrons. The highest BCUT2D eigenvalue weighted by molar-refractivity contribution is 5.79. The molecular formula is C18H23NO4. The summed E-state index contributed by atoms with van der Waals surface area (Å²) in [7, 11) is 1.63. The van der Waals surface area contributed by atoms with Crippen molar-refractivity contribution in [3.8, 4) is 5.75 Å². The number of nitrogens with zero attached hydrogens (tertiary/aromatic N) is 1. The molecule has 0 bridgehead atoms. The standard InChI is InChI=1S/C18H23NO4/c1-13(20)15-4-3-9-18(10-15)12-19(17(21)23-18)11-14-5-7-16(22-2)8-6-14/h5-8,15H,3-4,9-12H2,1-2H3/t15-,18?/m0/s1. The van der Waals surface area contributed by atoms with E-state index in [1.54, 1.807) is 18.9 Å². The maximum atomic E-state index is 12.2. The van der Waals surface area contributed by atoms with Crippen molar-refractivity contribution in [2.75, 3.05) is 13.7 Å². The van der Waals surface area contributed by atoms with E-state index in [2.05, 4.69) is 0 Å². The Morgan fingerprint density at radius 3 is 2.78 bits per heavy atom. The number of rotatable bonds is 4. The summed E-state index contributed by atoms with van der Waals surface area (Å²) in [6.45, 7) is 2.73. The number of methoxy groups -OCH3 is 1. The Kier molecular flexibility index (Phi) is 4.28. The number of amides is 1. The van der Waals surface area contributed by atoms with Gasteiger partial charge in [-0.05, 0) is 50.3 Å². The fourth-order valence-electron chi connectivity index (χ4n) is 3.67. The predicted octanol–water partition coefficient (Wildman–Crippen LogP) is 3.17. The predicted molar refractivity (Wildman–Crippen MR) is 85.3 cm³/mol. The molecule has 1 aliphatic carbocycles. The molecule has 1 aromatic carbocycles. The Hall–Kier alpha value is -2.04. The number of hydrogen-bond donors (Lipinski definition) is 0. The van der Waals surface area contributed by atoms with Gasteiger partial charge in [0.1, 0.15) is 17.1 Å². The molecule has 2 atom stereocenters.